The Morgan fingerprint density at radius 1 is 1.75 bits per heavy atom. The molecule has 5 heteroatoms. The fourth-order valence-corrected chi connectivity index (χ4v) is 2.54. The van der Waals surface area contributed by atoms with Crippen molar-refractivity contribution in [2.75, 3.05) is 5.75 Å². The molecule has 0 aromatic heterocycles. The predicted octanol–water partition coefficient (Wildman–Crippen LogP) is -0.273. The molecule has 0 aromatic carbocycles. The van der Waals surface area contributed by atoms with Crippen molar-refractivity contribution in [3.05, 3.63) is 22.6 Å². The third-order valence-electron chi connectivity index (χ3n) is 1.58. The molecule has 0 saturated heterocycles. The van der Waals surface area contributed by atoms with Crippen LogP contribution in [-0.2, 0) is 4.79 Å². The van der Waals surface area contributed by atoms with Crippen molar-refractivity contribution in [1.29, 1.82) is 0 Å². The molecule has 0 aliphatic carbocycles. The summed E-state index contributed by atoms with van der Waals surface area (Å²) in [5.74, 6) is -0.533. The van der Waals surface area contributed by atoms with Crippen molar-refractivity contribution in [3.63, 3.8) is 0 Å². The lowest BCUT2D eigenvalue weighted by atomic mass is 10.4. The Labute approximate surface area is 73.3 Å². The van der Waals surface area contributed by atoms with Gasteiger partial charge >= 0.3 is 5.97 Å². The van der Waals surface area contributed by atoms with Crippen molar-refractivity contribution in [2.24, 2.45) is 11.5 Å². The molecule has 0 saturated carbocycles. The van der Waals surface area contributed by atoms with Gasteiger partial charge in [-0.05, 0) is 11.5 Å². The second kappa shape index (κ2) is 3.64. The van der Waals surface area contributed by atoms with Crippen LogP contribution in [0, 0.1) is 0 Å². The topological polar surface area (TPSA) is 89.3 Å². The Balaban J connectivity index is 2.47. The van der Waals surface area contributed by atoms with Gasteiger partial charge in [0.15, 0.2) is 0 Å². The van der Waals surface area contributed by atoms with E-state index in [1.54, 1.807) is 6.08 Å². The number of carbonyl (C=O) groups is 1. The van der Waals surface area contributed by atoms with Crippen molar-refractivity contribution in [3.8, 4) is 0 Å². The Morgan fingerprint density at radius 2 is 2.42 bits per heavy atom. The minimum Gasteiger partial charge on any atom is -0.480 e. The van der Waals surface area contributed by atoms with Gasteiger partial charge in [0, 0.05) is 10.8 Å². The number of thiol groups is 1. The first-order valence-electron chi connectivity index (χ1n) is 3.50. The molecule has 0 bridgehead atoms. The third-order valence-corrected chi connectivity index (χ3v) is 3.71. The van der Waals surface area contributed by atoms with Gasteiger partial charge in [-0.1, -0.05) is 6.08 Å². The van der Waals surface area contributed by atoms with Gasteiger partial charge < -0.3 is 16.6 Å². The fraction of sp³-hybridized carbons (Fsp3) is 0.286. The summed E-state index contributed by atoms with van der Waals surface area (Å²) in [5, 5.41) is 11.2. The second-order valence-corrected chi connectivity index (χ2v) is 4.65. The third kappa shape index (κ3) is 2.02. The Morgan fingerprint density at radius 3 is 2.83 bits per heavy atom. The lowest BCUT2D eigenvalue weighted by Crippen LogP contribution is -2.33. The van der Waals surface area contributed by atoms with E-state index in [0.29, 0.717) is 5.75 Å². The highest BCUT2D eigenvalue weighted by Gasteiger charge is 2.17. The highest BCUT2D eigenvalue weighted by atomic mass is 32.2. The van der Waals surface area contributed by atoms with E-state index in [4.69, 9.17) is 16.6 Å². The molecule has 2 unspecified atom stereocenters. The molecule has 1 aliphatic heterocycles. The number of carboxylic acids is 1. The van der Waals surface area contributed by atoms with E-state index in [-0.39, 0.29) is 0 Å². The van der Waals surface area contributed by atoms with E-state index < -0.39 is 22.9 Å². The summed E-state index contributed by atoms with van der Waals surface area (Å²) in [5.41, 5.74) is 11.0. The van der Waals surface area contributed by atoms with E-state index in [1.165, 1.54) is 0 Å². The van der Waals surface area contributed by atoms with Gasteiger partial charge in [0.2, 0.25) is 0 Å². The van der Waals surface area contributed by atoms with E-state index in [9.17, 15) is 4.79 Å². The van der Waals surface area contributed by atoms with Crippen molar-refractivity contribution >= 4 is 16.9 Å². The molecule has 12 heavy (non-hydrogen) atoms. The molecule has 5 N–H and O–H groups in total. The van der Waals surface area contributed by atoms with Gasteiger partial charge in [-0.2, -0.15) is 10.9 Å². The highest BCUT2D eigenvalue weighted by molar-refractivity contribution is 8.23. The smallest absolute Gasteiger partial charge is 0.321 e. The summed E-state index contributed by atoms with van der Waals surface area (Å²) >= 11 is 0. The monoisotopic (exact) mass is 188 g/mol. The van der Waals surface area contributed by atoms with Crippen LogP contribution in [0.1, 0.15) is 0 Å². The van der Waals surface area contributed by atoms with Gasteiger partial charge in [-0.15, -0.1) is 0 Å². The largest absolute Gasteiger partial charge is 0.480 e. The van der Waals surface area contributed by atoms with Gasteiger partial charge in [-0.3, -0.25) is 4.79 Å². The van der Waals surface area contributed by atoms with Crippen molar-refractivity contribution < 1.29 is 9.90 Å². The first kappa shape index (κ1) is 9.15. The van der Waals surface area contributed by atoms with E-state index >= 15 is 0 Å². The SMILES string of the molecule is NC1=CC=C[SH]1CC(N)C(=O)O. The van der Waals surface area contributed by atoms with Crippen LogP contribution >= 0.6 is 10.9 Å². The molecule has 0 spiro atoms. The van der Waals surface area contributed by atoms with Crippen LogP contribution in [0.4, 0.5) is 0 Å². The Bertz CT molecular complexity index is 250. The molecule has 1 rings (SSSR count). The first-order valence-corrected chi connectivity index (χ1v) is 5.10. The van der Waals surface area contributed by atoms with Crippen LogP contribution in [0.3, 0.4) is 0 Å². The lowest BCUT2D eigenvalue weighted by Gasteiger charge is -2.16. The van der Waals surface area contributed by atoms with Gasteiger partial charge in [0.25, 0.3) is 0 Å². The zero-order valence-corrected chi connectivity index (χ0v) is 7.37. The number of hydrogen-bond donors (Lipinski definition) is 4. The fourth-order valence-electron chi connectivity index (χ4n) is 0.884. The molecule has 1 aliphatic rings. The summed E-state index contributed by atoms with van der Waals surface area (Å²) in [6.45, 7) is 0. The molecule has 0 aromatic rings. The number of carboxylic acid groups (broad SMARTS) is 1. The molecular weight excluding hydrogens is 176 g/mol. The summed E-state index contributed by atoms with van der Waals surface area (Å²) in [7, 11) is -0.626. The Kier molecular flexibility index (Phi) is 2.78. The van der Waals surface area contributed by atoms with Crippen molar-refractivity contribution in [2.45, 2.75) is 6.04 Å². The molecule has 4 nitrogen and oxygen atoms in total. The Hall–Kier alpha value is -0.940. The zero-order valence-electron chi connectivity index (χ0n) is 6.47. The maximum Gasteiger partial charge on any atom is 0.321 e. The molecular formula is C7H12N2O2S. The summed E-state index contributed by atoms with van der Waals surface area (Å²) in [6.07, 6.45) is 3.63. The molecule has 1 heterocycles. The minimum atomic E-state index is -0.967. The normalized spacial score (nSPS) is 26.8. The molecule has 0 fully saturated rings. The number of nitrogens with two attached hydrogens (primary N) is 2. The predicted molar refractivity (Wildman–Crippen MR) is 50.9 cm³/mol. The van der Waals surface area contributed by atoms with Gasteiger partial charge in [0.05, 0.1) is 0 Å². The summed E-state index contributed by atoms with van der Waals surface area (Å²) in [4.78, 5) is 10.4. The van der Waals surface area contributed by atoms with Crippen LogP contribution in [-0.4, -0.2) is 22.9 Å². The second-order valence-electron chi connectivity index (χ2n) is 2.53. The van der Waals surface area contributed by atoms with Crippen LogP contribution < -0.4 is 11.5 Å². The van der Waals surface area contributed by atoms with Crippen molar-refractivity contribution in [1.82, 2.24) is 0 Å². The van der Waals surface area contributed by atoms with Crippen LogP contribution in [0.15, 0.2) is 22.6 Å². The minimum absolute atomic E-state index is 0.434. The quantitative estimate of drug-likeness (QED) is 0.459. The number of allylic oxidation sites excluding steroid dienone is 2. The summed E-state index contributed by atoms with van der Waals surface area (Å²) < 4.78 is 0. The molecule has 0 amide bonds. The average molecular weight is 188 g/mol. The number of hydrogen-bond acceptors (Lipinski definition) is 3. The summed E-state index contributed by atoms with van der Waals surface area (Å²) in [6, 6.07) is -0.800. The van der Waals surface area contributed by atoms with E-state index in [2.05, 4.69) is 0 Å². The zero-order chi connectivity index (χ0) is 9.14. The first-order chi connectivity index (χ1) is 5.61. The lowest BCUT2D eigenvalue weighted by molar-refractivity contribution is -0.137. The van der Waals surface area contributed by atoms with Crippen LogP contribution in [0.5, 0.6) is 0 Å². The maximum atomic E-state index is 10.4. The highest BCUT2D eigenvalue weighted by Crippen LogP contribution is 2.37. The van der Waals surface area contributed by atoms with Crippen LogP contribution in [0.25, 0.3) is 0 Å². The molecule has 68 valence electrons. The average Bonchev–Trinajstić information content (AvgIpc) is 2.36. The van der Waals surface area contributed by atoms with Gasteiger partial charge in [0.1, 0.15) is 6.04 Å². The van der Waals surface area contributed by atoms with Crippen LogP contribution in [0.2, 0.25) is 0 Å². The van der Waals surface area contributed by atoms with Gasteiger partial charge in [-0.25, -0.2) is 0 Å². The number of rotatable bonds is 3. The maximum absolute atomic E-state index is 10.4. The van der Waals surface area contributed by atoms with E-state index in [1.807, 2.05) is 11.5 Å². The standard InChI is InChI=1S/C7H12N2O2S/c8-5(7(10)11)4-12-3-1-2-6(12)9/h1-3,5,12H,4,8-9H2,(H,10,11). The van der Waals surface area contributed by atoms with E-state index in [0.717, 1.165) is 5.03 Å². The molecule has 2 atom stereocenters. The molecule has 0 radical (unpaired) electrons. The number of aliphatic carboxylic acids is 1.